The molecule has 0 radical (unpaired) electrons. The second-order valence-electron chi connectivity index (χ2n) is 11.6. The average molecular weight is 498 g/mol. The van der Waals surface area contributed by atoms with E-state index in [0.717, 1.165) is 43.9 Å². The number of rotatable bonds is 9. The van der Waals surface area contributed by atoms with Crippen molar-refractivity contribution >= 4 is 17.2 Å². The van der Waals surface area contributed by atoms with Gasteiger partial charge in [0.25, 0.3) is 0 Å². The predicted molar refractivity (Wildman–Crippen MR) is 142 cm³/mol. The third-order valence-electron chi connectivity index (χ3n) is 9.28. The first-order valence-corrected chi connectivity index (χ1v) is 14.9. The Morgan fingerprint density at radius 2 is 1.89 bits per heavy atom. The van der Waals surface area contributed by atoms with Crippen LogP contribution in [0.3, 0.4) is 0 Å². The summed E-state index contributed by atoms with van der Waals surface area (Å²) >= 11 is 1.73. The Kier molecular flexibility index (Phi) is 7.36. The van der Waals surface area contributed by atoms with Crippen LogP contribution in [0.2, 0.25) is 0 Å². The van der Waals surface area contributed by atoms with Gasteiger partial charge >= 0.3 is 0 Å². The van der Waals surface area contributed by atoms with Crippen molar-refractivity contribution in [3.63, 3.8) is 0 Å². The number of carbonyl (C=O) groups is 1. The predicted octanol–water partition coefficient (Wildman–Crippen LogP) is 6.16. The summed E-state index contributed by atoms with van der Waals surface area (Å²) in [5.41, 5.74) is 1.13. The third kappa shape index (κ3) is 4.83. The summed E-state index contributed by atoms with van der Waals surface area (Å²) in [5.74, 6) is 2.88. The number of aromatic nitrogens is 3. The zero-order valence-corrected chi connectivity index (χ0v) is 22.8. The van der Waals surface area contributed by atoms with Crippen molar-refractivity contribution in [2.45, 2.75) is 122 Å². The highest BCUT2D eigenvalue weighted by Crippen LogP contribution is 2.44. The Balaban J connectivity index is 1.26. The van der Waals surface area contributed by atoms with Gasteiger partial charge in [0, 0.05) is 36.0 Å². The molecule has 1 amide bonds. The van der Waals surface area contributed by atoms with E-state index < -0.39 is 0 Å². The number of carbonyl (C=O) groups excluding carboxylic acids is 1. The number of thiophene rings is 1. The van der Waals surface area contributed by atoms with Gasteiger partial charge in [-0.25, -0.2) is 0 Å². The SMILES string of the molecule is CCC1(C(=O)N[C@@H](CCN2[C@H]3CC[C@H]2CC(n2c(C)nnc2C(C)C)C3)c2ccsc2)CCCC1. The number of hydrogen-bond donors (Lipinski definition) is 1. The molecule has 4 heterocycles. The molecular formula is C28H43N5OS. The minimum Gasteiger partial charge on any atom is -0.349 e. The van der Waals surface area contributed by atoms with Crippen molar-refractivity contribution in [1.82, 2.24) is 25.0 Å². The van der Waals surface area contributed by atoms with Crippen molar-refractivity contribution in [2.75, 3.05) is 6.54 Å². The van der Waals surface area contributed by atoms with Crippen molar-refractivity contribution < 1.29 is 4.79 Å². The topological polar surface area (TPSA) is 63.1 Å². The summed E-state index contributed by atoms with van der Waals surface area (Å²) in [6, 6.07) is 4.07. The van der Waals surface area contributed by atoms with Crippen LogP contribution in [-0.4, -0.2) is 44.2 Å². The summed E-state index contributed by atoms with van der Waals surface area (Å²) < 4.78 is 2.44. The number of fused-ring (bicyclic) bond motifs is 2. The maximum atomic E-state index is 13.5. The van der Waals surface area contributed by atoms with Gasteiger partial charge < -0.3 is 9.88 Å². The largest absolute Gasteiger partial charge is 0.349 e. The molecule has 0 spiro atoms. The standard InChI is InChI=1S/C28H43N5OS/c1-5-28(12-6-7-13-28)27(34)29-25(21-11-15-35-18-21)10-14-32-22-8-9-23(32)17-24(16-22)33-20(4)30-31-26(33)19(2)3/h11,15,18-19,22-25H,5-10,12-14,16-17H2,1-4H3,(H,29,34)/t22-,23-,25-/m0/s1. The highest BCUT2D eigenvalue weighted by Gasteiger charge is 2.43. The van der Waals surface area contributed by atoms with Gasteiger partial charge in [0.2, 0.25) is 5.91 Å². The zero-order valence-electron chi connectivity index (χ0n) is 22.0. The molecule has 2 aliphatic heterocycles. The van der Waals surface area contributed by atoms with Gasteiger partial charge in [-0.05, 0) is 80.7 Å². The molecule has 1 aliphatic carbocycles. The first kappa shape index (κ1) is 24.9. The number of nitrogens with one attached hydrogen (secondary N) is 1. The highest BCUT2D eigenvalue weighted by atomic mass is 32.1. The Labute approximate surface area is 214 Å². The fourth-order valence-electron chi connectivity index (χ4n) is 7.23. The molecule has 5 rings (SSSR count). The van der Waals surface area contributed by atoms with Gasteiger partial charge in [0.1, 0.15) is 11.6 Å². The second kappa shape index (κ2) is 10.3. The van der Waals surface area contributed by atoms with E-state index in [-0.39, 0.29) is 11.5 Å². The number of amides is 1. The number of piperidine rings is 1. The van der Waals surface area contributed by atoms with E-state index in [0.29, 0.717) is 30.0 Å². The number of aryl methyl sites for hydroxylation is 1. The summed E-state index contributed by atoms with van der Waals surface area (Å²) in [6.45, 7) is 9.79. The molecule has 7 heteroatoms. The molecule has 2 saturated heterocycles. The van der Waals surface area contributed by atoms with Gasteiger partial charge in [-0.1, -0.05) is 33.6 Å². The molecule has 1 N–H and O–H groups in total. The van der Waals surface area contributed by atoms with Gasteiger partial charge in [0.15, 0.2) is 0 Å². The van der Waals surface area contributed by atoms with Crippen LogP contribution in [0.25, 0.3) is 0 Å². The average Bonchev–Trinajstić information content (AvgIpc) is 3.64. The Hall–Kier alpha value is -1.73. The summed E-state index contributed by atoms with van der Waals surface area (Å²) in [4.78, 5) is 16.2. The van der Waals surface area contributed by atoms with E-state index in [2.05, 4.69) is 69.5 Å². The summed E-state index contributed by atoms with van der Waals surface area (Å²) in [7, 11) is 0. The van der Waals surface area contributed by atoms with Crippen LogP contribution in [0, 0.1) is 12.3 Å². The van der Waals surface area contributed by atoms with Crippen LogP contribution in [0.5, 0.6) is 0 Å². The maximum absolute atomic E-state index is 13.5. The van der Waals surface area contributed by atoms with Gasteiger partial charge in [-0.3, -0.25) is 9.69 Å². The Bertz CT molecular complexity index is 979. The van der Waals surface area contributed by atoms with E-state index in [9.17, 15) is 4.79 Å². The lowest BCUT2D eigenvalue weighted by atomic mass is 9.82. The second-order valence-corrected chi connectivity index (χ2v) is 12.4. The van der Waals surface area contributed by atoms with Crippen LogP contribution in [0.15, 0.2) is 16.8 Å². The lowest BCUT2D eigenvalue weighted by Crippen LogP contribution is -2.46. The molecule has 3 atom stereocenters. The highest BCUT2D eigenvalue weighted by molar-refractivity contribution is 7.08. The van der Waals surface area contributed by atoms with Crippen molar-refractivity contribution in [2.24, 2.45) is 5.41 Å². The molecule has 3 aliphatic rings. The van der Waals surface area contributed by atoms with Crippen LogP contribution in [-0.2, 0) is 4.79 Å². The summed E-state index contributed by atoms with van der Waals surface area (Å²) in [6.07, 6.45) is 11.3. The van der Waals surface area contributed by atoms with E-state index >= 15 is 0 Å². The lowest BCUT2D eigenvalue weighted by Gasteiger charge is -2.41. The monoisotopic (exact) mass is 497 g/mol. The number of nitrogens with zero attached hydrogens (tertiary/aromatic N) is 4. The number of hydrogen-bond acceptors (Lipinski definition) is 5. The van der Waals surface area contributed by atoms with Crippen LogP contribution in [0.4, 0.5) is 0 Å². The molecule has 1 saturated carbocycles. The van der Waals surface area contributed by atoms with Crippen molar-refractivity contribution in [1.29, 1.82) is 0 Å². The lowest BCUT2D eigenvalue weighted by molar-refractivity contribution is -0.132. The van der Waals surface area contributed by atoms with Crippen molar-refractivity contribution in [3.8, 4) is 0 Å². The van der Waals surface area contributed by atoms with Crippen LogP contribution >= 0.6 is 11.3 Å². The van der Waals surface area contributed by atoms with E-state index in [4.69, 9.17) is 0 Å². The third-order valence-corrected chi connectivity index (χ3v) is 9.98. The Morgan fingerprint density at radius 3 is 2.49 bits per heavy atom. The molecule has 35 heavy (non-hydrogen) atoms. The van der Waals surface area contributed by atoms with Gasteiger partial charge in [0.05, 0.1) is 6.04 Å². The Morgan fingerprint density at radius 1 is 1.17 bits per heavy atom. The van der Waals surface area contributed by atoms with Gasteiger partial charge in [-0.2, -0.15) is 11.3 Å². The fraction of sp³-hybridized carbons (Fsp3) is 0.750. The molecule has 2 aromatic rings. The minimum absolute atomic E-state index is 0.113. The minimum atomic E-state index is -0.142. The smallest absolute Gasteiger partial charge is 0.226 e. The summed E-state index contributed by atoms with van der Waals surface area (Å²) in [5, 5.41) is 16.8. The van der Waals surface area contributed by atoms with Crippen LogP contribution < -0.4 is 5.32 Å². The quantitative estimate of drug-likeness (QED) is 0.451. The molecular weight excluding hydrogens is 454 g/mol. The molecule has 192 valence electrons. The van der Waals surface area contributed by atoms with E-state index in [1.54, 1.807) is 11.3 Å². The zero-order chi connectivity index (χ0) is 24.6. The van der Waals surface area contributed by atoms with Gasteiger partial charge in [-0.15, -0.1) is 10.2 Å². The van der Waals surface area contributed by atoms with E-state index in [1.165, 1.54) is 44.1 Å². The molecule has 0 unspecified atom stereocenters. The van der Waals surface area contributed by atoms with Crippen molar-refractivity contribution in [3.05, 3.63) is 34.0 Å². The maximum Gasteiger partial charge on any atom is 0.226 e. The fourth-order valence-corrected chi connectivity index (χ4v) is 7.94. The van der Waals surface area contributed by atoms with Crippen LogP contribution in [0.1, 0.15) is 120 Å². The molecule has 0 aromatic carbocycles. The molecule has 3 fully saturated rings. The first-order valence-electron chi connectivity index (χ1n) is 13.9. The molecule has 6 nitrogen and oxygen atoms in total. The van der Waals surface area contributed by atoms with E-state index in [1.807, 2.05) is 0 Å². The normalized spacial score (nSPS) is 26.9. The molecule has 2 aromatic heterocycles. The molecule has 2 bridgehead atoms. The first-order chi connectivity index (χ1) is 16.9.